The van der Waals surface area contributed by atoms with Crippen molar-refractivity contribution in [2.45, 2.75) is 6.92 Å². The quantitative estimate of drug-likeness (QED) is 0.537. The minimum absolute atomic E-state index is 0. The SMILES string of the molecule is [C-]#[N+]c1c(-c2cc[c-]cc2C)cc(Cl)nc1Cl.[Y+3]. The molecule has 0 spiro atoms. The molecule has 2 nitrogen and oxygen atoms in total. The van der Waals surface area contributed by atoms with E-state index < -0.39 is 0 Å². The van der Waals surface area contributed by atoms with Crippen molar-refractivity contribution in [1.29, 1.82) is 0 Å². The molecule has 0 aliphatic heterocycles. The van der Waals surface area contributed by atoms with Crippen LogP contribution < -0.4 is 0 Å². The Morgan fingerprint density at radius 1 is 1.33 bits per heavy atom. The van der Waals surface area contributed by atoms with Gasteiger partial charge in [0.05, 0.1) is 6.57 Å². The van der Waals surface area contributed by atoms with Gasteiger partial charge in [-0.15, -0.1) is 5.56 Å². The Bertz CT molecular complexity index is 621. The number of hydrogen-bond donors (Lipinski definition) is 0. The molecule has 0 bridgehead atoms. The summed E-state index contributed by atoms with van der Waals surface area (Å²) >= 11 is 11.8. The molecule has 84 valence electrons. The van der Waals surface area contributed by atoms with Crippen LogP contribution in [-0.2, 0) is 32.7 Å². The molecule has 0 aliphatic rings. The summed E-state index contributed by atoms with van der Waals surface area (Å²) in [4.78, 5) is 7.28. The Morgan fingerprint density at radius 2 is 2.06 bits per heavy atom. The minimum Gasteiger partial charge on any atom is -0.236 e. The zero-order valence-electron chi connectivity index (χ0n) is 9.54. The number of pyridine rings is 1. The number of nitrogens with zero attached hydrogens (tertiary/aromatic N) is 2. The van der Waals surface area contributed by atoms with E-state index in [4.69, 9.17) is 29.8 Å². The molecule has 0 atom stereocenters. The molecular weight excluding hydrogens is 344 g/mol. The van der Waals surface area contributed by atoms with E-state index in [1.165, 1.54) is 0 Å². The average molecular weight is 351 g/mol. The van der Waals surface area contributed by atoms with Gasteiger partial charge in [-0.3, -0.25) is 0 Å². The van der Waals surface area contributed by atoms with Crippen molar-refractivity contribution in [1.82, 2.24) is 4.98 Å². The van der Waals surface area contributed by atoms with Crippen LogP contribution in [-0.4, -0.2) is 4.98 Å². The van der Waals surface area contributed by atoms with Crippen molar-refractivity contribution in [3.05, 3.63) is 57.6 Å². The van der Waals surface area contributed by atoms with Crippen LogP contribution in [0.5, 0.6) is 0 Å². The van der Waals surface area contributed by atoms with Crippen molar-refractivity contribution < 1.29 is 32.7 Å². The Hall–Kier alpha value is -0.456. The fraction of sp³-hybridized carbons (Fsp3) is 0.0769. The van der Waals surface area contributed by atoms with E-state index in [9.17, 15) is 0 Å². The molecule has 0 fully saturated rings. The molecule has 1 aromatic carbocycles. The Morgan fingerprint density at radius 3 is 2.67 bits per heavy atom. The van der Waals surface area contributed by atoms with E-state index in [0.29, 0.717) is 11.3 Å². The van der Waals surface area contributed by atoms with Crippen LogP contribution >= 0.6 is 23.2 Å². The minimum atomic E-state index is 0. The molecule has 1 heterocycles. The van der Waals surface area contributed by atoms with Crippen LogP contribution in [0, 0.1) is 19.6 Å². The third kappa shape index (κ3) is 3.10. The van der Waals surface area contributed by atoms with Crippen molar-refractivity contribution >= 4 is 28.9 Å². The normalized spacial score (nSPS) is 9.44. The first kappa shape index (κ1) is 15.6. The number of aryl methyl sites for hydroxylation is 1. The van der Waals surface area contributed by atoms with Crippen molar-refractivity contribution in [3.63, 3.8) is 0 Å². The molecule has 0 amide bonds. The predicted molar refractivity (Wildman–Crippen MR) is 69.5 cm³/mol. The van der Waals surface area contributed by atoms with Crippen LogP contribution in [0.4, 0.5) is 5.69 Å². The first-order valence-electron chi connectivity index (χ1n) is 4.84. The van der Waals surface area contributed by atoms with Crippen LogP contribution in [0.1, 0.15) is 5.56 Å². The molecular formula is C13H7Cl2N2Y+2. The van der Waals surface area contributed by atoms with Gasteiger partial charge in [0.25, 0.3) is 0 Å². The fourth-order valence-corrected chi connectivity index (χ4v) is 2.08. The van der Waals surface area contributed by atoms with Gasteiger partial charge in [0.1, 0.15) is 10.3 Å². The number of halogens is 2. The zero-order valence-corrected chi connectivity index (χ0v) is 13.9. The van der Waals surface area contributed by atoms with Gasteiger partial charge < -0.3 is 0 Å². The fourth-order valence-electron chi connectivity index (χ4n) is 1.61. The van der Waals surface area contributed by atoms with Crippen LogP contribution in [0.25, 0.3) is 16.0 Å². The second kappa shape index (κ2) is 6.64. The monoisotopic (exact) mass is 350 g/mol. The van der Waals surface area contributed by atoms with Gasteiger partial charge in [0, 0.05) is 0 Å². The summed E-state index contributed by atoms with van der Waals surface area (Å²) in [6, 6.07) is 10.2. The third-order valence-corrected chi connectivity index (χ3v) is 2.85. The van der Waals surface area contributed by atoms with Gasteiger partial charge in [-0.1, -0.05) is 30.1 Å². The van der Waals surface area contributed by atoms with Crippen molar-refractivity contribution in [2.24, 2.45) is 0 Å². The maximum atomic E-state index is 7.17. The van der Waals surface area contributed by atoms with E-state index >= 15 is 0 Å². The summed E-state index contributed by atoms with van der Waals surface area (Å²) in [5.74, 6) is 0. The van der Waals surface area contributed by atoms with Gasteiger partial charge in [-0.25, -0.2) is 9.83 Å². The maximum Gasteiger partial charge on any atom is 3.00 e. The molecule has 2 rings (SSSR count). The molecule has 18 heavy (non-hydrogen) atoms. The Kier molecular flexibility index (Phi) is 5.75. The van der Waals surface area contributed by atoms with E-state index in [2.05, 4.69) is 15.9 Å². The first-order valence-corrected chi connectivity index (χ1v) is 5.59. The number of hydrogen-bond acceptors (Lipinski definition) is 1. The summed E-state index contributed by atoms with van der Waals surface area (Å²) in [5.41, 5.74) is 2.96. The summed E-state index contributed by atoms with van der Waals surface area (Å²) in [5, 5.41) is 0.416. The van der Waals surface area contributed by atoms with Crippen LogP contribution in [0.2, 0.25) is 10.3 Å². The number of benzene rings is 1. The maximum absolute atomic E-state index is 7.17. The predicted octanol–water partition coefficient (Wildman–Crippen LogP) is 4.71. The molecule has 0 saturated heterocycles. The van der Waals surface area contributed by atoms with Crippen LogP contribution in [0.15, 0.2) is 24.3 Å². The molecule has 1 aromatic heterocycles. The van der Waals surface area contributed by atoms with E-state index in [-0.39, 0.29) is 43.0 Å². The first-order chi connectivity index (χ1) is 8.13. The number of rotatable bonds is 1. The van der Waals surface area contributed by atoms with E-state index in [0.717, 1.165) is 11.1 Å². The smallest absolute Gasteiger partial charge is 0.236 e. The van der Waals surface area contributed by atoms with Crippen LogP contribution in [0.3, 0.4) is 0 Å². The standard InChI is InChI=1S/C13H7Cl2N2.Y/c1-8-5-3-4-6-9(8)10-7-11(14)17-13(15)12(10)16-2;/h4-7H,1H3;/q-1;+3. The topological polar surface area (TPSA) is 17.2 Å². The van der Waals surface area contributed by atoms with Gasteiger partial charge in [-0.05, 0) is 11.6 Å². The van der Waals surface area contributed by atoms with Crippen molar-refractivity contribution in [3.8, 4) is 11.1 Å². The van der Waals surface area contributed by atoms with Gasteiger partial charge in [-0.2, -0.15) is 29.8 Å². The van der Waals surface area contributed by atoms with Gasteiger partial charge in [0.15, 0.2) is 0 Å². The molecule has 2 aromatic rings. The summed E-state index contributed by atoms with van der Waals surface area (Å²) in [6.45, 7) is 9.11. The average Bonchev–Trinajstić information content (AvgIpc) is 2.28. The molecule has 0 saturated carbocycles. The third-order valence-electron chi connectivity index (χ3n) is 2.39. The molecule has 0 N–H and O–H groups in total. The van der Waals surface area contributed by atoms with E-state index in [1.54, 1.807) is 12.1 Å². The molecule has 0 radical (unpaired) electrons. The Balaban J connectivity index is 0.00000162. The van der Waals surface area contributed by atoms with Gasteiger partial charge >= 0.3 is 32.7 Å². The van der Waals surface area contributed by atoms with Crippen molar-refractivity contribution in [2.75, 3.05) is 0 Å². The molecule has 0 unspecified atom stereocenters. The Labute approximate surface area is 141 Å². The van der Waals surface area contributed by atoms with E-state index in [1.807, 2.05) is 19.1 Å². The summed E-state index contributed by atoms with van der Waals surface area (Å²) < 4.78 is 0. The zero-order chi connectivity index (χ0) is 12.4. The second-order valence-electron chi connectivity index (χ2n) is 3.48. The summed E-state index contributed by atoms with van der Waals surface area (Å²) in [7, 11) is 0. The number of aromatic nitrogens is 1. The summed E-state index contributed by atoms with van der Waals surface area (Å²) in [6.07, 6.45) is 0. The second-order valence-corrected chi connectivity index (χ2v) is 4.23. The molecule has 5 heteroatoms. The largest absolute Gasteiger partial charge is 3.00 e. The molecule has 0 aliphatic carbocycles. The van der Waals surface area contributed by atoms with Gasteiger partial charge in [0.2, 0.25) is 5.69 Å².